The van der Waals surface area contributed by atoms with E-state index in [2.05, 4.69) is 29.4 Å². The standard InChI is InChI=1S/C16H17NO.C9H13NO3S/c1-13-5-3-4-6-15(13)12-18-16-9-7-14(8-10-16)11-17-2;1-2-3-4-7-10-9(13)6(14-7)5-8(11)12/h3-11H,12H2,1-2H3;4,6H,2-3,5H2,1H3,(H,10,13)(H,11,12)/b;7-4-. The van der Waals surface area contributed by atoms with E-state index >= 15 is 0 Å². The number of benzene rings is 2. The Labute approximate surface area is 193 Å². The number of nitrogens with one attached hydrogen (secondary N) is 1. The van der Waals surface area contributed by atoms with Gasteiger partial charge in [0.1, 0.15) is 17.6 Å². The van der Waals surface area contributed by atoms with Crippen LogP contribution in [-0.2, 0) is 16.2 Å². The summed E-state index contributed by atoms with van der Waals surface area (Å²) < 4.78 is 5.76. The minimum absolute atomic E-state index is 0.111. The molecule has 1 unspecified atom stereocenters. The predicted molar refractivity (Wildman–Crippen MR) is 130 cm³/mol. The lowest BCUT2D eigenvalue weighted by atomic mass is 10.1. The van der Waals surface area contributed by atoms with Crippen LogP contribution < -0.4 is 10.1 Å². The summed E-state index contributed by atoms with van der Waals surface area (Å²) in [6, 6.07) is 16.2. The van der Waals surface area contributed by atoms with Crippen molar-refractivity contribution in [3.8, 4) is 5.75 Å². The van der Waals surface area contributed by atoms with Gasteiger partial charge >= 0.3 is 5.97 Å². The molecule has 0 saturated carbocycles. The number of unbranched alkanes of at least 4 members (excludes halogenated alkanes) is 1. The maximum absolute atomic E-state index is 11.2. The lowest BCUT2D eigenvalue weighted by Crippen LogP contribution is -2.24. The van der Waals surface area contributed by atoms with E-state index in [1.807, 2.05) is 55.6 Å². The number of carboxylic acid groups (broad SMARTS) is 1. The molecular weight excluding hydrogens is 424 g/mol. The van der Waals surface area contributed by atoms with E-state index in [1.165, 1.54) is 22.9 Å². The molecule has 7 heteroatoms. The molecule has 2 aromatic rings. The van der Waals surface area contributed by atoms with Crippen LogP contribution in [-0.4, -0.2) is 35.5 Å². The fraction of sp³-hybridized carbons (Fsp3) is 0.320. The van der Waals surface area contributed by atoms with Gasteiger partial charge in [-0.2, -0.15) is 0 Å². The van der Waals surface area contributed by atoms with Crippen LogP contribution in [0.15, 0.2) is 64.6 Å². The highest BCUT2D eigenvalue weighted by Crippen LogP contribution is 2.29. The molecule has 2 aromatic carbocycles. The molecule has 0 spiro atoms. The van der Waals surface area contributed by atoms with Crippen molar-refractivity contribution in [3.63, 3.8) is 0 Å². The van der Waals surface area contributed by atoms with Crippen molar-refractivity contribution >= 4 is 29.9 Å². The zero-order valence-corrected chi connectivity index (χ0v) is 19.5. The summed E-state index contributed by atoms with van der Waals surface area (Å²) in [5, 5.41) is 11.5. The Morgan fingerprint density at radius 2 is 1.94 bits per heavy atom. The molecule has 0 aliphatic carbocycles. The van der Waals surface area contributed by atoms with Crippen molar-refractivity contribution < 1.29 is 19.4 Å². The van der Waals surface area contributed by atoms with Crippen molar-refractivity contribution in [3.05, 3.63) is 76.3 Å². The molecule has 1 aliphatic heterocycles. The number of thioether (sulfide) groups is 1. The number of allylic oxidation sites excluding steroid dienone is 1. The first-order chi connectivity index (χ1) is 15.4. The Morgan fingerprint density at radius 1 is 1.22 bits per heavy atom. The van der Waals surface area contributed by atoms with Crippen LogP contribution in [0.25, 0.3) is 0 Å². The molecule has 3 rings (SSSR count). The van der Waals surface area contributed by atoms with Gasteiger partial charge in [-0.15, -0.1) is 0 Å². The topological polar surface area (TPSA) is 88.0 Å². The van der Waals surface area contributed by atoms with Crippen LogP contribution in [0, 0.1) is 6.92 Å². The largest absolute Gasteiger partial charge is 0.489 e. The van der Waals surface area contributed by atoms with E-state index in [4.69, 9.17) is 9.84 Å². The fourth-order valence-electron chi connectivity index (χ4n) is 2.84. The molecule has 170 valence electrons. The quantitative estimate of drug-likeness (QED) is 0.551. The molecule has 6 nitrogen and oxygen atoms in total. The Hall–Kier alpha value is -3.06. The SMILES string of the molecule is CCC/C=C1/NC(=O)C(CC(=O)O)S1.CN=Cc1ccc(OCc2ccccc2C)cc1. The zero-order chi connectivity index (χ0) is 23.3. The molecule has 2 N–H and O–H groups in total. The van der Waals surface area contributed by atoms with E-state index in [0.717, 1.165) is 29.2 Å². The van der Waals surface area contributed by atoms with Crippen LogP contribution in [0.5, 0.6) is 5.75 Å². The molecule has 1 saturated heterocycles. The number of rotatable bonds is 8. The average molecular weight is 455 g/mol. The van der Waals surface area contributed by atoms with Crippen LogP contribution >= 0.6 is 11.8 Å². The fourth-order valence-corrected chi connectivity index (χ4v) is 3.91. The van der Waals surface area contributed by atoms with E-state index < -0.39 is 11.2 Å². The Balaban J connectivity index is 0.000000235. The number of amides is 1. The summed E-state index contributed by atoms with van der Waals surface area (Å²) in [6.45, 7) is 4.75. The second-order valence-corrected chi connectivity index (χ2v) is 8.47. The van der Waals surface area contributed by atoms with Crippen LogP contribution in [0.3, 0.4) is 0 Å². The number of aryl methyl sites for hydroxylation is 1. The normalized spacial score (nSPS) is 16.5. The minimum atomic E-state index is -0.936. The summed E-state index contributed by atoms with van der Waals surface area (Å²) >= 11 is 1.31. The van der Waals surface area contributed by atoms with Crippen molar-refractivity contribution in [1.29, 1.82) is 0 Å². The first-order valence-corrected chi connectivity index (χ1v) is 11.4. The minimum Gasteiger partial charge on any atom is -0.489 e. The zero-order valence-electron chi connectivity index (χ0n) is 18.7. The number of hydrogen-bond acceptors (Lipinski definition) is 5. The van der Waals surface area contributed by atoms with Crippen molar-refractivity contribution in [2.24, 2.45) is 4.99 Å². The third-order valence-electron chi connectivity index (χ3n) is 4.60. The molecule has 1 aliphatic rings. The number of aliphatic imine (C=N–C) groups is 1. The van der Waals surface area contributed by atoms with E-state index in [1.54, 1.807) is 7.05 Å². The van der Waals surface area contributed by atoms with Crippen LogP contribution in [0.2, 0.25) is 0 Å². The maximum Gasteiger partial charge on any atom is 0.305 e. The van der Waals surface area contributed by atoms with Crippen LogP contribution in [0.4, 0.5) is 0 Å². The smallest absolute Gasteiger partial charge is 0.305 e. The molecule has 0 radical (unpaired) electrons. The summed E-state index contributed by atoms with van der Waals surface area (Å²) in [5.41, 5.74) is 3.56. The monoisotopic (exact) mass is 454 g/mol. The first kappa shape index (κ1) is 25.2. The highest BCUT2D eigenvalue weighted by molar-refractivity contribution is 8.04. The third-order valence-corrected chi connectivity index (χ3v) is 5.79. The summed E-state index contributed by atoms with van der Waals surface area (Å²) in [5.74, 6) is -0.249. The van der Waals surface area contributed by atoms with Gasteiger partial charge in [-0.05, 0) is 54.3 Å². The van der Waals surface area contributed by atoms with Gasteiger partial charge < -0.3 is 15.2 Å². The highest BCUT2D eigenvalue weighted by Gasteiger charge is 2.30. The molecule has 1 heterocycles. The maximum atomic E-state index is 11.2. The number of carboxylic acids is 1. The molecule has 32 heavy (non-hydrogen) atoms. The van der Waals surface area contributed by atoms with E-state index in [9.17, 15) is 9.59 Å². The molecule has 1 fully saturated rings. The van der Waals surface area contributed by atoms with E-state index in [0.29, 0.717) is 6.61 Å². The van der Waals surface area contributed by atoms with Crippen LogP contribution in [0.1, 0.15) is 42.9 Å². The second kappa shape index (κ2) is 13.4. The van der Waals surface area contributed by atoms with Gasteiger partial charge in [-0.25, -0.2) is 0 Å². The number of carbonyl (C=O) groups is 2. The summed E-state index contributed by atoms with van der Waals surface area (Å²) in [6.07, 6.45) is 5.57. The molecular formula is C25H30N2O4S. The van der Waals surface area contributed by atoms with Crippen molar-refractivity contribution in [2.75, 3.05) is 7.05 Å². The Kier molecular flexibility index (Phi) is 10.5. The van der Waals surface area contributed by atoms with E-state index in [-0.39, 0.29) is 12.3 Å². The van der Waals surface area contributed by atoms with Gasteiger partial charge in [-0.3, -0.25) is 14.6 Å². The van der Waals surface area contributed by atoms with Crippen molar-refractivity contribution in [2.45, 2.75) is 45.0 Å². The number of ether oxygens (including phenoxy) is 1. The summed E-state index contributed by atoms with van der Waals surface area (Å²) in [4.78, 5) is 25.6. The Morgan fingerprint density at radius 3 is 2.56 bits per heavy atom. The molecule has 1 atom stereocenters. The Bertz CT molecular complexity index is 955. The van der Waals surface area contributed by atoms with Gasteiger partial charge in [-0.1, -0.05) is 55.4 Å². The number of carbonyl (C=O) groups excluding carboxylic acids is 1. The van der Waals surface area contributed by atoms with Gasteiger partial charge in [0.25, 0.3) is 0 Å². The first-order valence-electron chi connectivity index (χ1n) is 10.5. The van der Waals surface area contributed by atoms with Crippen molar-refractivity contribution in [1.82, 2.24) is 5.32 Å². The molecule has 1 amide bonds. The molecule has 0 aromatic heterocycles. The van der Waals surface area contributed by atoms with Gasteiger partial charge in [0.15, 0.2) is 0 Å². The lowest BCUT2D eigenvalue weighted by molar-refractivity contribution is -0.138. The number of aliphatic carboxylic acids is 1. The second-order valence-electron chi connectivity index (χ2n) is 7.22. The van der Waals surface area contributed by atoms with Gasteiger partial charge in [0.2, 0.25) is 5.91 Å². The highest BCUT2D eigenvalue weighted by atomic mass is 32.2. The molecule has 0 bridgehead atoms. The number of hydrogen-bond donors (Lipinski definition) is 2. The number of nitrogens with zero attached hydrogens (tertiary/aromatic N) is 1. The van der Waals surface area contributed by atoms with Gasteiger partial charge in [0.05, 0.1) is 11.4 Å². The summed E-state index contributed by atoms with van der Waals surface area (Å²) in [7, 11) is 1.77. The lowest BCUT2D eigenvalue weighted by Gasteiger charge is -2.08. The predicted octanol–water partition coefficient (Wildman–Crippen LogP) is 4.96. The van der Waals surface area contributed by atoms with Gasteiger partial charge in [0, 0.05) is 13.3 Å². The average Bonchev–Trinajstić information content (AvgIpc) is 3.12. The third kappa shape index (κ3) is 8.59.